The number of aliphatic carboxylic acids is 1. The lowest BCUT2D eigenvalue weighted by Gasteiger charge is -2.34. The average Bonchev–Trinajstić information content (AvgIpc) is 3.15. The summed E-state index contributed by atoms with van der Waals surface area (Å²) in [5, 5.41) is 11.6. The zero-order valence-corrected chi connectivity index (χ0v) is 35.5. The molecule has 0 fully saturated rings. The van der Waals surface area contributed by atoms with E-state index in [2.05, 4.69) is 111 Å². The molecule has 0 rings (SSSR count). The van der Waals surface area contributed by atoms with Gasteiger partial charge in [-0.2, -0.15) is 0 Å². The van der Waals surface area contributed by atoms with Crippen LogP contribution in [-0.2, 0) is 28.6 Å². The maximum absolute atomic E-state index is 12.6. The summed E-state index contributed by atoms with van der Waals surface area (Å²) in [7, 11) is 5.35. The fourth-order valence-corrected chi connectivity index (χ4v) is 5.25. The van der Waals surface area contributed by atoms with E-state index >= 15 is 0 Å². The van der Waals surface area contributed by atoms with Gasteiger partial charge in [0.1, 0.15) is 12.6 Å². The van der Waals surface area contributed by atoms with Crippen molar-refractivity contribution in [3.63, 3.8) is 0 Å². The van der Waals surface area contributed by atoms with Crippen LogP contribution in [0.25, 0.3) is 0 Å². The smallest absolute Gasteiger partial charge is 0.310 e. The first-order valence-corrected chi connectivity index (χ1v) is 20.9. The SMILES string of the molecule is CC/C=C\C/C=C\C/C=C\C/C=C\C/C=C\CC(=O)OC(COCCC(C(=O)[O-])[N+](C)(C)C)COC(=O)CCCCCC/C=C\C/C=C\C/C=C\C/C=C\CC. The second-order valence-electron chi connectivity index (χ2n) is 14.5. The zero-order valence-electron chi connectivity index (χ0n) is 35.5. The monoisotopic (exact) mass is 778 g/mol. The number of ether oxygens (including phenoxy) is 3. The van der Waals surface area contributed by atoms with E-state index in [1.807, 2.05) is 6.08 Å². The minimum Gasteiger partial charge on any atom is -0.544 e. The molecule has 0 amide bonds. The lowest BCUT2D eigenvalue weighted by molar-refractivity contribution is -0.889. The van der Waals surface area contributed by atoms with Crippen LogP contribution in [0.1, 0.15) is 123 Å². The molecule has 56 heavy (non-hydrogen) atoms. The summed E-state index contributed by atoms with van der Waals surface area (Å²) in [5.74, 6) is -1.95. The van der Waals surface area contributed by atoms with Crippen LogP contribution < -0.4 is 5.11 Å². The van der Waals surface area contributed by atoms with Crippen molar-refractivity contribution in [1.29, 1.82) is 0 Å². The van der Waals surface area contributed by atoms with E-state index in [4.69, 9.17) is 14.2 Å². The molecule has 0 aliphatic heterocycles. The van der Waals surface area contributed by atoms with Crippen LogP contribution in [0.5, 0.6) is 0 Å². The lowest BCUT2D eigenvalue weighted by atomic mass is 10.1. The molecule has 2 atom stereocenters. The summed E-state index contributed by atoms with van der Waals surface area (Å²) in [6.07, 6.45) is 51.4. The van der Waals surface area contributed by atoms with Gasteiger partial charge in [-0.15, -0.1) is 0 Å². The van der Waals surface area contributed by atoms with E-state index < -0.39 is 24.1 Å². The topological polar surface area (TPSA) is 102 Å². The zero-order chi connectivity index (χ0) is 41.4. The van der Waals surface area contributed by atoms with E-state index in [-0.39, 0.29) is 43.1 Å². The van der Waals surface area contributed by atoms with E-state index in [0.29, 0.717) is 12.8 Å². The minimum atomic E-state index is -1.15. The summed E-state index contributed by atoms with van der Waals surface area (Å²) in [5.41, 5.74) is 0. The Morgan fingerprint density at radius 3 is 1.46 bits per heavy atom. The van der Waals surface area contributed by atoms with Crippen molar-refractivity contribution in [2.45, 2.75) is 135 Å². The number of rotatable bonds is 35. The number of hydrogen-bond acceptors (Lipinski definition) is 7. The maximum Gasteiger partial charge on any atom is 0.310 e. The molecule has 0 aromatic heterocycles. The highest BCUT2D eigenvalue weighted by Crippen LogP contribution is 2.10. The van der Waals surface area contributed by atoms with Gasteiger partial charge in [0.25, 0.3) is 0 Å². The Bertz CT molecular complexity index is 1280. The largest absolute Gasteiger partial charge is 0.544 e. The van der Waals surface area contributed by atoms with Gasteiger partial charge in [0, 0.05) is 12.8 Å². The van der Waals surface area contributed by atoms with Gasteiger partial charge in [-0.1, -0.05) is 136 Å². The van der Waals surface area contributed by atoms with Crippen LogP contribution in [0.4, 0.5) is 0 Å². The Hall–Kier alpha value is -4.01. The van der Waals surface area contributed by atoms with Gasteiger partial charge < -0.3 is 28.6 Å². The molecule has 0 radical (unpaired) electrons. The third-order valence-corrected chi connectivity index (χ3v) is 8.44. The Morgan fingerprint density at radius 2 is 1.00 bits per heavy atom. The number of quaternary nitrogens is 1. The number of esters is 2. The van der Waals surface area contributed by atoms with Crippen molar-refractivity contribution < 1.29 is 38.2 Å². The number of carbonyl (C=O) groups excluding carboxylic acids is 3. The molecule has 8 heteroatoms. The summed E-state index contributed by atoms with van der Waals surface area (Å²) in [6, 6.07) is -0.752. The Labute approximate surface area is 340 Å². The Balaban J connectivity index is 4.57. The predicted octanol–water partition coefficient (Wildman–Crippen LogP) is 9.96. The third kappa shape index (κ3) is 35.7. The van der Waals surface area contributed by atoms with E-state index in [0.717, 1.165) is 83.5 Å². The molecular weight excluding hydrogens is 703 g/mol. The molecule has 0 aliphatic carbocycles. The van der Waals surface area contributed by atoms with Crippen LogP contribution in [0.15, 0.2) is 109 Å². The number of unbranched alkanes of at least 4 members (excludes halogenated alkanes) is 4. The summed E-state index contributed by atoms with van der Waals surface area (Å²) in [6.45, 7) is 4.26. The number of nitrogens with zero attached hydrogens (tertiary/aromatic N) is 1. The Morgan fingerprint density at radius 1 is 0.554 bits per heavy atom. The fraction of sp³-hybridized carbons (Fsp3) is 0.562. The highest BCUT2D eigenvalue weighted by molar-refractivity contribution is 5.71. The molecule has 0 aromatic rings. The molecular formula is C48H75NO7. The molecule has 314 valence electrons. The van der Waals surface area contributed by atoms with Gasteiger partial charge in [0.05, 0.1) is 46.7 Å². The molecule has 2 unspecified atom stereocenters. The van der Waals surface area contributed by atoms with E-state index in [1.54, 1.807) is 27.2 Å². The van der Waals surface area contributed by atoms with E-state index in [9.17, 15) is 19.5 Å². The van der Waals surface area contributed by atoms with Gasteiger partial charge in [-0.05, 0) is 77.0 Å². The van der Waals surface area contributed by atoms with Gasteiger partial charge in [0.15, 0.2) is 6.10 Å². The first kappa shape index (κ1) is 52.0. The minimum absolute atomic E-state index is 0.0150. The highest BCUT2D eigenvalue weighted by Gasteiger charge is 2.25. The predicted molar refractivity (Wildman–Crippen MR) is 231 cm³/mol. The fourth-order valence-electron chi connectivity index (χ4n) is 5.25. The van der Waals surface area contributed by atoms with Gasteiger partial charge in [0.2, 0.25) is 0 Å². The number of carbonyl (C=O) groups is 3. The molecule has 0 N–H and O–H groups in total. The number of hydrogen-bond donors (Lipinski definition) is 0. The van der Waals surface area contributed by atoms with Crippen LogP contribution in [-0.4, -0.2) is 75.5 Å². The van der Waals surface area contributed by atoms with Gasteiger partial charge in [-0.25, -0.2) is 0 Å². The van der Waals surface area contributed by atoms with Crippen molar-refractivity contribution in [1.82, 2.24) is 0 Å². The average molecular weight is 778 g/mol. The number of likely N-dealkylation sites (N-methyl/N-ethyl adjacent to an activating group) is 1. The van der Waals surface area contributed by atoms with Crippen molar-refractivity contribution in [2.75, 3.05) is 41.0 Å². The van der Waals surface area contributed by atoms with E-state index in [1.165, 1.54) is 0 Å². The molecule has 0 aliphatic rings. The first-order chi connectivity index (χ1) is 27.1. The van der Waals surface area contributed by atoms with Gasteiger partial charge >= 0.3 is 11.9 Å². The third-order valence-electron chi connectivity index (χ3n) is 8.44. The number of carboxylic acids is 1. The summed E-state index contributed by atoms with van der Waals surface area (Å²) >= 11 is 0. The van der Waals surface area contributed by atoms with Crippen LogP contribution in [0.3, 0.4) is 0 Å². The maximum atomic E-state index is 12.6. The van der Waals surface area contributed by atoms with Crippen molar-refractivity contribution >= 4 is 17.9 Å². The highest BCUT2D eigenvalue weighted by atomic mass is 16.6. The number of allylic oxidation sites excluding steroid dienone is 17. The second-order valence-corrected chi connectivity index (χ2v) is 14.5. The molecule has 0 aromatic carbocycles. The molecule has 8 nitrogen and oxygen atoms in total. The lowest BCUT2D eigenvalue weighted by Crippen LogP contribution is -2.55. The molecule has 0 saturated carbocycles. The molecule has 0 spiro atoms. The summed E-state index contributed by atoms with van der Waals surface area (Å²) in [4.78, 5) is 36.7. The van der Waals surface area contributed by atoms with Crippen LogP contribution in [0, 0.1) is 0 Å². The molecule has 0 heterocycles. The second kappa shape index (κ2) is 37.9. The molecule has 0 saturated heterocycles. The summed E-state index contributed by atoms with van der Waals surface area (Å²) < 4.78 is 17.0. The number of carboxylic acid groups (broad SMARTS) is 1. The Kier molecular flexibility index (Phi) is 35.2. The quantitative estimate of drug-likeness (QED) is 0.0273. The van der Waals surface area contributed by atoms with Crippen molar-refractivity contribution in [3.8, 4) is 0 Å². The standard InChI is InChI=1S/C48H75NO7/c1-6-8-10-12-14-16-18-20-22-23-25-26-28-30-32-34-36-38-46(50)55-43-44(42-54-41-40-45(48(52)53)49(3,4)5)56-47(51)39-37-35-33-31-29-27-24-21-19-17-15-13-11-9-7-2/h8-11,14-17,20-22,24-26,29,31,35,37,44-45H,6-7,12-13,18-19,23,27-28,30,32-34,36,38-43H2,1-5H3/b10-8-,11-9-,16-14-,17-15-,22-20-,24-21-,26-25-,31-29-,37-35-. The first-order valence-electron chi connectivity index (χ1n) is 20.9. The van der Waals surface area contributed by atoms with Crippen molar-refractivity contribution in [2.24, 2.45) is 0 Å². The molecule has 0 bridgehead atoms. The van der Waals surface area contributed by atoms with Crippen LogP contribution >= 0.6 is 0 Å². The van der Waals surface area contributed by atoms with Gasteiger partial charge in [-0.3, -0.25) is 9.59 Å². The normalized spacial score (nSPS) is 14.1. The van der Waals surface area contributed by atoms with Crippen LogP contribution in [0.2, 0.25) is 0 Å². The van der Waals surface area contributed by atoms with Crippen molar-refractivity contribution in [3.05, 3.63) is 109 Å².